The molecule has 1 heterocycles. The van der Waals surface area contributed by atoms with Crippen LogP contribution < -0.4 is 5.32 Å². The zero-order chi connectivity index (χ0) is 13.0. The molecule has 1 saturated carbocycles. The molecule has 2 fully saturated rings. The van der Waals surface area contributed by atoms with Crippen molar-refractivity contribution in [3.63, 3.8) is 0 Å². The Labute approximate surface area is 112 Å². The van der Waals surface area contributed by atoms with Gasteiger partial charge in [-0.05, 0) is 44.9 Å². The van der Waals surface area contributed by atoms with E-state index >= 15 is 0 Å². The van der Waals surface area contributed by atoms with E-state index in [2.05, 4.69) is 26.1 Å². The molecule has 0 spiro atoms. The molecule has 1 aliphatic heterocycles. The molecular formula is C15H29NO2. The van der Waals surface area contributed by atoms with Gasteiger partial charge in [-0.2, -0.15) is 0 Å². The van der Waals surface area contributed by atoms with Gasteiger partial charge >= 0.3 is 0 Å². The molecule has 3 unspecified atom stereocenters. The zero-order valence-electron chi connectivity index (χ0n) is 12.2. The molecule has 106 valence electrons. The molecule has 3 heteroatoms. The average Bonchev–Trinajstić information content (AvgIpc) is 3.02. The third kappa shape index (κ3) is 5.25. The standard InChI is InChI=1S/C15H29NO2/c1-11(2)8-12(3)17-10-15-7-6-14(18-15)9-16-13-4-5-13/h11-16H,4-10H2,1-3H3. The summed E-state index contributed by atoms with van der Waals surface area (Å²) in [6.45, 7) is 8.45. The number of rotatable bonds is 8. The smallest absolute Gasteiger partial charge is 0.0814 e. The molecule has 1 N–H and O–H groups in total. The lowest BCUT2D eigenvalue weighted by Crippen LogP contribution is -2.29. The van der Waals surface area contributed by atoms with E-state index in [1.54, 1.807) is 0 Å². The lowest BCUT2D eigenvalue weighted by Gasteiger charge is -2.19. The number of nitrogens with one attached hydrogen (secondary N) is 1. The van der Waals surface area contributed by atoms with Gasteiger partial charge in [-0.15, -0.1) is 0 Å². The summed E-state index contributed by atoms with van der Waals surface area (Å²) in [5, 5.41) is 3.54. The van der Waals surface area contributed by atoms with E-state index in [0.717, 1.165) is 32.0 Å². The normalized spacial score (nSPS) is 30.0. The van der Waals surface area contributed by atoms with Crippen LogP contribution in [0.15, 0.2) is 0 Å². The molecule has 1 aliphatic carbocycles. The van der Waals surface area contributed by atoms with Crippen molar-refractivity contribution in [2.45, 2.75) is 77.2 Å². The van der Waals surface area contributed by atoms with E-state index in [1.807, 2.05) is 0 Å². The fourth-order valence-corrected chi connectivity index (χ4v) is 2.64. The van der Waals surface area contributed by atoms with Crippen LogP contribution in [0.4, 0.5) is 0 Å². The Balaban J connectivity index is 1.54. The maximum Gasteiger partial charge on any atom is 0.0814 e. The summed E-state index contributed by atoms with van der Waals surface area (Å²) in [5.74, 6) is 0.708. The van der Waals surface area contributed by atoms with E-state index in [-0.39, 0.29) is 0 Å². The van der Waals surface area contributed by atoms with Crippen molar-refractivity contribution in [1.82, 2.24) is 5.32 Å². The lowest BCUT2D eigenvalue weighted by atomic mass is 10.1. The first kappa shape index (κ1) is 14.3. The second-order valence-electron chi connectivity index (χ2n) is 6.41. The third-order valence-electron chi connectivity index (χ3n) is 3.78. The highest BCUT2D eigenvalue weighted by atomic mass is 16.5. The van der Waals surface area contributed by atoms with Gasteiger partial charge in [0.1, 0.15) is 0 Å². The summed E-state index contributed by atoms with van der Waals surface area (Å²) < 4.78 is 11.9. The van der Waals surface area contributed by atoms with Gasteiger partial charge in [-0.3, -0.25) is 0 Å². The first-order valence-corrected chi connectivity index (χ1v) is 7.64. The second-order valence-corrected chi connectivity index (χ2v) is 6.41. The zero-order valence-corrected chi connectivity index (χ0v) is 12.2. The van der Waals surface area contributed by atoms with Gasteiger partial charge in [0.2, 0.25) is 0 Å². The van der Waals surface area contributed by atoms with Crippen LogP contribution in [0.1, 0.15) is 52.9 Å². The van der Waals surface area contributed by atoms with Crippen LogP contribution in [0.5, 0.6) is 0 Å². The number of hydrogen-bond donors (Lipinski definition) is 1. The second kappa shape index (κ2) is 6.88. The SMILES string of the molecule is CC(C)CC(C)OCC1CCC(CNC2CC2)O1. The molecule has 0 aromatic rings. The summed E-state index contributed by atoms with van der Waals surface area (Å²) in [5.41, 5.74) is 0. The molecule has 2 rings (SSSR count). The van der Waals surface area contributed by atoms with Crippen LogP contribution >= 0.6 is 0 Å². The fraction of sp³-hybridized carbons (Fsp3) is 1.00. The molecule has 0 bridgehead atoms. The van der Waals surface area contributed by atoms with Gasteiger partial charge in [-0.25, -0.2) is 0 Å². The van der Waals surface area contributed by atoms with Crippen LogP contribution in [0, 0.1) is 5.92 Å². The predicted octanol–water partition coefficient (Wildman–Crippen LogP) is 2.74. The Morgan fingerprint density at radius 2 is 1.83 bits per heavy atom. The lowest BCUT2D eigenvalue weighted by molar-refractivity contribution is -0.0406. The van der Waals surface area contributed by atoms with Gasteiger partial charge in [0.15, 0.2) is 0 Å². The van der Waals surface area contributed by atoms with Gasteiger partial charge < -0.3 is 14.8 Å². The number of hydrogen-bond acceptors (Lipinski definition) is 3. The minimum atomic E-state index is 0.325. The van der Waals surface area contributed by atoms with Crippen molar-refractivity contribution in [2.24, 2.45) is 5.92 Å². The molecule has 1 saturated heterocycles. The first-order valence-electron chi connectivity index (χ1n) is 7.64. The highest BCUT2D eigenvalue weighted by Gasteiger charge is 2.28. The van der Waals surface area contributed by atoms with E-state index in [9.17, 15) is 0 Å². The predicted molar refractivity (Wildman–Crippen MR) is 73.8 cm³/mol. The topological polar surface area (TPSA) is 30.5 Å². The maximum absolute atomic E-state index is 6.01. The molecule has 3 atom stereocenters. The van der Waals surface area contributed by atoms with Crippen LogP contribution in [-0.2, 0) is 9.47 Å². The summed E-state index contributed by atoms with van der Waals surface area (Å²) >= 11 is 0. The molecule has 2 aliphatic rings. The van der Waals surface area contributed by atoms with E-state index in [1.165, 1.54) is 19.3 Å². The molecule has 0 amide bonds. The molecule has 18 heavy (non-hydrogen) atoms. The quantitative estimate of drug-likeness (QED) is 0.723. The van der Waals surface area contributed by atoms with Gasteiger partial charge in [0, 0.05) is 12.6 Å². The van der Waals surface area contributed by atoms with Crippen LogP contribution in [0.25, 0.3) is 0 Å². The van der Waals surface area contributed by atoms with Crippen molar-refractivity contribution >= 4 is 0 Å². The molecule has 0 radical (unpaired) electrons. The fourth-order valence-electron chi connectivity index (χ4n) is 2.64. The van der Waals surface area contributed by atoms with E-state index in [0.29, 0.717) is 24.2 Å². The third-order valence-corrected chi connectivity index (χ3v) is 3.78. The first-order chi connectivity index (χ1) is 8.63. The van der Waals surface area contributed by atoms with Crippen molar-refractivity contribution in [3.05, 3.63) is 0 Å². The number of ether oxygens (including phenoxy) is 2. The molecule has 0 aromatic carbocycles. The van der Waals surface area contributed by atoms with Gasteiger partial charge in [0.05, 0.1) is 24.9 Å². The van der Waals surface area contributed by atoms with Crippen LogP contribution in [-0.4, -0.2) is 37.5 Å². The molecule has 0 aromatic heterocycles. The Morgan fingerprint density at radius 1 is 1.11 bits per heavy atom. The van der Waals surface area contributed by atoms with Crippen LogP contribution in [0.2, 0.25) is 0 Å². The van der Waals surface area contributed by atoms with Crippen LogP contribution in [0.3, 0.4) is 0 Å². The summed E-state index contributed by atoms with van der Waals surface area (Å²) in [6.07, 6.45) is 7.29. The van der Waals surface area contributed by atoms with Crippen molar-refractivity contribution in [3.8, 4) is 0 Å². The monoisotopic (exact) mass is 255 g/mol. The Kier molecular flexibility index (Phi) is 5.46. The largest absolute Gasteiger partial charge is 0.376 e. The van der Waals surface area contributed by atoms with Crippen molar-refractivity contribution in [1.29, 1.82) is 0 Å². The van der Waals surface area contributed by atoms with Gasteiger partial charge in [0.25, 0.3) is 0 Å². The van der Waals surface area contributed by atoms with E-state index < -0.39 is 0 Å². The Morgan fingerprint density at radius 3 is 2.50 bits per heavy atom. The van der Waals surface area contributed by atoms with Gasteiger partial charge in [-0.1, -0.05) is 13.8 Å². The maximum atomic E-state index is 6.01. The summed E-state index contributed by atoms with van der Waals surface area (Å²) in [4.78, 5) is 0. The molecular weight excluding hydrogens is 226 g/mol. The summed E-state index contributed by atoms with van der Waals surface area (Å²) in [7, 11) is 0. The highest BCUT2D eigenvalue weighted by Crippen LogP contribution is 2.23. The minimum Gasteiger partial charge on any atom is -0.376 e. The van der Waals surface area contributed by atoms with Crippen molar-refractivity contribution in [2.75, 3.05) is 13.2 Å². The highest BCUT2D eigenvalue weighted by molar-refractivity contribution is 4.84. The van der Waals surface area contributed by atoms with Crippen molar-refractivity contribution < 1.29 is 9.47 Å². The minimum absolute atomic E-state index is 0.325. The Bertz CT molecular complexity index is 241. The summed E-state index contributed by atoms with van der Waals surface area (Å²) in [6, 6.07) is 0.787. The van der Waals surface area contributed by atoms with E-state index in [4.69, 9.17) is 9.47 Å². The average molecular weight is 255 g/mol. The Hall–Kier alpha value is -0.120. The molecule has 3 nitrogen and oxygen atoms in total.